The number of nitrogens with one attached hydrogen (secondary N) is 1. The van der Waals surface area contributed by atoms with Crippen LogP contribution in [0.4, 0.5) is 4.79 Å². The van der Waals surface area contributed by atoms with Crippen molar-refractivity contribution in [3.05, 3.63) is 0 Å². The summed E-state index contributed by atoms with van der Waals surface area (Å²) in [7, 11) is 0. The normalized spacial score (nSPS) is 34.3. The summed E-state index contributed by atoms with van der Waals surface area (Å²) in [5.41, 5.74) is -1.22. The number of urea groups is 1. The number of nitrogens with zero attached hydrogens (tertiary/aromatic N) is 2. The van der Waals surface area contributed by atoms with E-state index in [4.69, 9.17) is 4.74 Å². The van der Waals surface area contributed by atoms with Gasteiger partial charge < -0.3 is 15.0 Å². The van der Waals surface area contributed by atoms with Crippen LogP contribution in [0.15, 0.2) is 0 Å². The van der Waals surface area contributed by atoms with E-state index in [1.165, 1.54) is 0 Å². The van der Waals surface area contributed by atoms with Gasteiger partial charge in [-0.15, -0.1) is 0 Å². The Hall–Kier alpha value is -1.63. The van der Waals surface area contributed by atoms with E-state index in [0.717, 1.165) is 24.2 Å². The largest absolute Gasteiger partial charge is 0.369 e. The number of morpholine rings is 1. The molecule has 0 aromatic carbocycles. The molecule has 0 aromatic rings. The molecule has 7 heteroatoms. The Bertz CT molecular complexity index is 596. The third-order valence-corrected chi connectivity index (χ3v) is 6.00. The zero-order chi connectivity index (χ0) is 19.1. The molecular weight excluding hydrogens is 334 g/mol. The molecule has 1 N–H and O–H groups in total. The number of imide groups is 1. The predicted molar refractivity (Wildman–Crippen MR) is 96.4 cm³/mol. The van der Waals surface area contributed by atoms with Crippen LogP contribution in [0, 0.1) is 5.92 Å². The smallest absolute Gasteiger partial charge is 0.325 e. The highest BCUT2D eigenvalue weighted by atomic mass is 16.5. The van der Waals surface area contributed by atoms with Gasteiger partial charge in [-0.25, -0.2) is 4.79 Å². The van der Waals surface area contributed by atoms with Crippen LogP contribution in [0.5, 0.6) is 0 Å². The summed E-state index contributed by atoms with van der Waals surface area (Å²) in [6.45, 7) is 8.73. The molecule has 26 heavy (non-hydrogen) atoms. The Morgan fingerprint density at radius 2 is 1.92 bits per heavy atom. The molecule has 1 atom stereocenters. The van der Waals surface area contributed by atoms with E-state index in [1.807, 2.05) is 20.8 Å². The number of carbonyl (C=O) groups excluding carboxylic acids is 3. The highest BCUT2D eigenvalue weighted by Gasteiger charge is 2.53. The third kappa shape index (κ3) is 3.59. The maximum Gasteiger partial charge on any atom is 0.325 e. The van der Waals surface area contributed by atoms with Crippen molar-refractivity contribution in [3.8, 4) is 0 Å². The van der Waals surface area contributed by atoms with Crippen LogP contribution in [-0.2, 0) is 14.3 Å². The lowest BCUT2D eigenvalue weighted by molar-refractivity contribution is -0.159. The fourth-order valence-electron chi connectivity index (χ4n) is 4.62. The second-order valence-corrected chi connectivity index (χ2v) is 8.72. The number of ether oxygens (including phenoxy) is 1. The van der Waals surface area contributed by atoms with E-state index in [1.54, 1.807) is 4.90 Å². The van der Waals surface area contributed by atoms with Gasteiger partial charge in [0.1, 0.15) is 12.1 Å². The van der Waals surface area contributed by atoms with Gasteiger partial charge in [0.15, 0.2) is 0 Å². The van der Waals surface area contributed by atoms with E-state index >= 15 is 0 Å². The first kappa shape index (κ1) is 19.1. The zero-order valence-electron chi connectivity index (χ0n) is 16.3. The minimum Gasteiger partial charge on any atom is -0.369 e. The van der Waals surface area contributed by atoms with Gasteiger partial charge in [0.25, 0.3) is 5.91 Å². The van der Waals surface area contributed by atoms with E-state index in [0.29, 0.717) is 31.8 Å². The molecule has 1 unspecified atom stereocenters. The Labute approximate surface area is 155 Å². The fraction of sp³-hybridized carbons (Fsp3) is 0.842. The molecule has 0 aromatic heterocycles. The van der Waals surface area contributed by atoms with Gasteiger partial charge in [-0.2, -0.15) is 0 Å². The van der Waals surface area contributed by atoms with Gasteiger partial charge in [0.05, 0.1) is 11.7 Å². The summed E-state index contributed by atoms with van der Waals surface area (Å²) in [5.74, 6) is 0.195. The maximum absolute atomic E-state index is 12.9. The van der Waals surface area contributed by atoms with Gasteiger partial charge in [-0.05, 0) is 52.4 Å². The van der Waals surface area contributed by atoms with E-state index < -0.39 is 17.2 Å². The summed E-state index contributed by atoms with van der Waals surface area (Å²) in [6.07, 6.45) is 4.26. The molecule has 3 aliphatic rings. The van der Waals surface area contributed by atoms with E-state index in [2.05, 4.69) is 12.2 Å². The molecule has 4 amide bonds. The molecule has 146 valence electrons. The number of amides is 4. The van der Waals surface area contributed by atoms with Crippen molar-refractivity contribution >= 4 is 17.8 Å². The Kier molecular flexibility index (Phi) is 5.03. The van der Waals surface area contributed by atoms with Gasteiger partial charge in [0, 0.05) is 13.1 Å². The lowest BCUT2D eigenvalue weighted by Crippen LogP contribution is -2.56. The van der Waals surface area contributed by atoms with Gasteiger partial charge in [0.2, 0.25) is 5.91 Å². The van der Waals surface area contributed by atoms with Gasteiger partial charge >= 0.3 is 6.03 Å². The van der Waals surface area contributed by atoms with Crippen molar-refractivity contribution in [1.82, 2.24) is 15.1 Å². The lowest BCUT2D eigenvalue weighted by Gasteiger charge is -2.42. The van der Waals surface area contributed by atoms with E-state index in [-0.39, 0.29) is 24.5 Å². The molecule has 0 radical (unpaired) electrons. The van der Waals surface area contributed by atoms with Crippen LogP contribution in [0.1, 0.15) is 59.8 Å². The molecule has 2 saturated heterocycles. The Morgan fingerprint density at radius 3 is 2.50 bits per heavy atom. The van der Waals surface area contributed by atoms with Crippen LogP contribution >= 0.6 is 0 Å². The number of carbonyl (C=O) groups is 3. The standard InChI is InChI=1S/C19H31N3O4/c1-5-14-6-8-19(9-7-14)16(24)22(17(25)20-19)11-15(23)21-10-13(2)26-18(3,4)12-21/h13-14H,5-12H2,1-4H3,(H,20,25). The Morgan fingerprint density at radius 1 is 1.27 bits per heavy atom. The second kappa shape index (κ2) is 6.83. The van der Waals surface area contributed by atoms with Crippen molar-refractivity contribution in [3.63, 3.8) is 0 Å². The van der Waals surface area contributed by atoms with Gasteiger partial charge in [-0.1, -0.05) is 13.3 Å². The van der Waals surface area contributed by atoms with Crippen molar-refractivity contribution in [2.24, 2.45) is 5.92 Å². The quantitative estimate of drug-likeness (QED) is 0.775. The molecule has 1 aliphatic carbocycles. The predicted octanol–water partition coefficient (Wildman–Crippen LogP) is 1.90. The molecule has 3 rings (SSSR count). The number of hydrogen-bond acceptors (Lipinski definition) is 4. The molecule has 1 saturated carbocycles. The van der Waals surface area contributed by atoms with Gasteiger partial charge in [-0.3, -0.25) is 14.5 Å². The average molecular weight is 365 g/mol. The first-order valence-electron chi connectivity index (χ1n) is 9.75. The molecule has 2 aliphatic heterocycles. The lowest BCUT2D eigenvalue weighted by atomic mass is 9.75. The maximum atomic E-state index is 12.9. The topological polar surface area (TPSA) is 79.0 Å². The van der Waals surface area contributed by atoms with Crippen molar-refractivity contribution in [2.75, 3.05) is 19.6 Å². The number of hydrogen-bond donors (Lipinski definition) is 1. The minimum absolute atomic E-state index is 0.0681. The Balaban J connectivity index is 1.65. The molecule has 0 bridgehead atoms. The van der Waals surface area contributed by atoms with Crippen LogP contribution in [0.25, 0.3) is 0 Å². The average Bonchev–Trinajstić information content (AvgIpc) is 2.78. The molecule has 3 fully saturated rings. The van der Waals surface area contributed by atoms with E-state index in [9.17, 15) is 14.4 Å². The highest BCUT2D eigenvalue weighted by Crippen LogP contribution is 2.37. The first-order chi connectivity index (χ1) is 12.2. The molecule has 2 heterocycles. The molecular formula is C19H31N3O4. The summed E-state index contributed by atoms with van der Waals surface area (Å²) in [4.78, 5) is 40.9. The molecule has 1 spiro atoms. The summed E-state index contributed by atoms with van der Waals surface area (Å²) in [6, 6.07) is -0.432. The first-order valence-corrected chi connectivity index (χ1v) is 9.75. The van der Waals surface area contributed by atoms with Crippen molar-refractivity contribution in [1.29, 1.82) is 0 Å². The number of rotatable bonds is 3. The SMILES string of the molecule is CCC1CCC2(CC1)NC(=O)N(CC(=O)N1CC(C)OC(C)(C)C1)C2=O. The summed E-state index contributed by atoms with van der Waals surface area (Å²) in [5, 5.41) is 2.89. The third-order valence-electron chi connectivity index (χ3n) is 6.00. The van der Waals surface area contributed by atoms with Crippen LogP contribution < -0.4 is 5.32 Å². The molecule has 7 nitrogen and oxygen atoms in total. The second-order valence-electron chi connectivity index (χ2n) is 8.72. The highest BCUT2D eigenvalue weighted by molar-refractivity contribution is 6.09. The van der Waals surface area contributed by atoms with Crippen LogP contribution in [0.2, 0.25) is 0 Å². The van der Waals surface area contributed by atoms with Crippen LogP contribution in [-0.4, -0.2) is 64.5 Å². The van der Waals surface area contributed by atoms with Crippen molar-refractivity contribution < 1.29 is 19.1 Å². The summed E-state index contributed by atoms with van der Waals surface area (Å²) >= 11 is 0. The van der Waals surface area contributed by atoms with Crippen LogP contribution in [0.3, 0.4) is 0 Å². The fourth-order valence-corrected chi connectivity index (χ4v) is 4.62. The summed E-state index contributed by atoms with van der Waals surface area (Å²) < 4.78 is 5.82. The zero-order valence-corrected chi connectivity index (χ0v) is 16.3. The monoisotopic (exact) mass is 365 g/mol. The minimum atomic E-state index is -0.791. The van der Waals surface area contributed by atoms with Crippen molar-refractivity contribution in [2.45, 2.75) is 77.0 Å².